The molecule has 0 aliphatic heterocycles. The number of pyridine rings is 1. The summed E-state index contributed by atoms with van der Waals surface area (Å²) in [5.74, 6) is -1.02. The summed E-state index contributed by atoms with van der Waals surface area (Å²) < 4.78 is 0. The molecule has 154 valence electrons. The van der Waals surface area contributed by atoms with Crippen LogP contribution in [-0.2, 0) is 4.79 Å². The summed E-state index contributed by atoms with van der Waals surface area (Å²) in [7, 11) is -1.54. The van der Waals surface area contributed by atoms with Gasteiger partial charge in [-0.25, -0.2) is 4.98 Å². The van der Waals surface area contributed by atoms with Gasteiger partial charge in [0.05, 0.1) is 16.8 Å². The van der Waals surface area contributed by atoms with Crippen molar-refractivity contribution in [1.29, 1.82) is 0 Å². The third-order valence-corrected chi connectivity index (χ3v) is 4.82. The number of hydrogen-bond donors (Lipinski definition) is 4. The Morgan fingerprint density at radius 3 is 2.40 bits per heavy atom. The maximum Gasteiger partial charge on any atom is 0.488 e. The highest BCUT2D eigenvalue weighted by Crippen LogP contribution is 2.24. The molecule has 1 aromatic heterocycles. The number of para-hydroxylation sites is 1. The van der Waals surface area contributed by atoms with Crippen LogP contribution in [0.1, 0.15) is 36.0 Å². The number of aromatic nitrogens is 1. The highest BCUT2D eigenvalue weighted by Gasteiger charge is 2.15. The van der Waals surface area contributed by atoms with Gasteiger partial charge >= 0.3 is 13.1 Å². The van der Waals surface area contributed by atoms with Crippen molar-refractivity contribution in [3.63, 3.8) is 0 Å². The third-order valence-electron chi connectivity index (χ3n) is 4.82. The normalized spacial score (nSPS) is 10.7. The maximum absolute atomic E-state index is 12.8. The first-order chi connectivity index (χ1) is 14.5. The minimum Gasteiger partial charge on any atom is -0.481 e. The molecule has 1 heterocycles. The Labute approximate surface area is 174 Å². The summed E-state index contributed by atoms with van der Waals surface area (Å²) in [5, 5.41) is 30.8. The molecule has 0 spiro atoms. The number of fused-ring (bicyclic) bond motifs is 1. The molecule has 0 aliphatic carbocycles. The zero-order valence-corrected chi connectivity index (χ0v) is 16.4. The van der Waals surface area contributed by atoms with Gasteiger partial charge in [-0.2, -0.15) is 0 Å². The first kappa shape index (κ1) is 21.5. The molecule has 3 aromatic rings. The molecular formula is C22H23BN2O5. The Hall–Kier alpha value is -3.23. The van der Waals surface area contributed by atoms with E-state index in [0.29, 0.717) is 41.6 Å². The van der Waals surface area contributed by atoms with Crippen molar-refractivity contribution in [2.45, 2.75) is 25.7 Å². The predicted molar refractivity (Wildman–Crippen MR) is 115 cm³/mol. The van der Waals surface area contributed by atoms with Gasteiger partial charge in [0, 0.05) is 23.9 Å². The minimum atomic E-state index is -1.54. The number of unbranched alkanes of at least 4 members (excludes halogenated alkanes) is 2. The molecule has 0 saturated heterocycles. The van der Waals surface area contributed by atoms with Crippen molar-refractivity contribution in [3.8, 4) is 11.3 Å². The van der Waals surface area contributed by atoms with Crippen LogP contribution in [0.2, 0.25) is 0 Å². The number of benzene rings is 2. The first-order valence-corrected chi connectivity index (χ1v) is 9.82. The fraction of sp³-hybridized carbons (Fsp3) is 0.227. The molecule has 0 atom stereocenters. The SMILES string of the molecule is O=C(O)CCCCCNC(=O)c1cc(-c2ccc(B(O)O)cc2)nc2ccccc12. The van der Waals surface area contributed by atoms with E-state index in [4.69, 9.17) is 5.11 Å². The summed E-state index contributed by atoms with van der Waals surface area (Å²) in [6.45, 7) is 0.466. The molecular weight excluding hydrogens is 383 g/mol. The van der Waals surface area contributed by atoms with Crippen molar-refractivity contribution in [2.24, 2.45) is 0 Å². The second-order valence-corrected chi connectivity index (χ2v) is 7.03. The van der Waals surface area contributed by atoms with Gasteiger partial charge in [0.25, 0.3) is 5.91 Å². The Bertz CT molecular complexity index is 1040. The molecule has 30 heavy (non-hydrogen) atoms. The number of rotatable bonds is 9. The maximum atomic E-state index is 12.8. The van der Waals surface area contributed by atoms with E-state index in [-0.39, 0.29) is 12.3 Å². The van der Waals surface area contributed by atoms with Gasteiger partial charge in [-0.15, -0.1) is 0 Å². The summed E-state index contributed by atoms with van der Waals surface area (Å²) in [5.41, 5.74) is 2.94. The predicted octanol–water partition coefficient (Wildman–Crippen LogP) is 1.96. The lowest BCUT2D eigenvalue weighted by molar-refractivity contribution is -0.137. The lowest BCUT2D eigenvalue weighted by atomic mass is 9.80. The van der Waals surface area contributed by atoms with Gasteiger partial charge < -0.3 is 20.5 Å². The Kier molecular flexibility index (Phi) is 7.16. The molecule has 0 saturated carbocycles. The van der Waals surface area contributed by atoms with E-state index in [1.165, 1.54) is 0 Å². The van der Waals surface area contributed by atoms with Crippen LogP contribution in [0.3, 0.4) is 0 Å². The summed E-state index contributed by atoms with van der Waals surface area (Å²) >= 11 is 0. The standard InChI is InChI=1S/C22H23BN2O5/c26-21(27)8-2-1-5-13-24-22(28)18-14-20(25-19-7-4-3-6-17(18)19)15-9-11-16(12-10-15)23(29)30/h3-4,6-7,9-12,14,29-30H,1-2,5,8,13H2,(H,24,28)(H,26,27). The minimum absolute atomic E-state index is 0.137. The van der Waals surface area contributed by atoms with E-state index in [2.05, 4.69) is 10.3 Å². The molecule has 0 aliphatic rings. The number of nitrogens with zero attached hydrogens (tertiary/aromatic N) is 1. The molecule has 0 unspecified atom stereocenters. The van der Waals surface area contributed by atoms with Crippen molar-refractivity contribution in [3.05, 3.63) is 60.2 Å². The van der Waals surface area contributed by atoms with Crippen LogP contribution >= 0.6 is 0 Å². The van der Waals surface area contributed by atoms with E-state index < -0.39 is 13.1 Å². The van der Waals surface area contributed by atoms with Crippen molar-refractivity contribution in [1.82, 2.24) is 10.3 Å². The molecule has 2 aromatic carbocycles. The third kappa shape index (κ3) is 5.43. The highest BCUT2D eigenvalue weighted by molar-refractivity contribution is 6.58. The molecule has 4 N–H and O–H groups in total. The second kappa shape index (κ2) is 10.0. The van der Waals surface area contributed by atoms with Crippen molar-refractivity contribution in [2.75, 3.05) is 6.54 Å². The van der Waals surface area contributed by atoms with E-state index in [9.17, 15) is 19.6 Å². The lowest BCUT2D eigenvalue weighted by Crippen LogP contribution is -2.29. The Morgan fingerprint density at radius 1 is 0.967 bits per heavy atom. The quantitative estimate of drug-likeness (QED) is 0.319. The second-order valence-electron chi connectivity index (χ2n) is 7.03. The molecule has 1 amide bonds. The zero-order valence-electron chi connectivity index (χ0n) is 16.4. The number of amides is 1. The van der Waals surface area contributed by atoms with E-state index in [0.717, 1.165) is 17.4 Å². The van der Waals surface area contributed by atoms with Crippen LogP contribution in [0.4, 0.5) is 0 Å². The fourth-order valence-electron chi connectivity index (χ4n) is 3.21. The van der Waals surface area contributed by atoms with Gasteiger partial charge in [0.15, 0.2) is 0 Å². The van der Waals surface area contributed by atoms with Gasteiger partial charge in [-0.3, -0.25) is 9.59 Å². The number of hydrogen-bond acceptors (Lipinski definition) is 5. The van der Waals surface area contributed by atoms with Crippen LogP contribution in [0, 0.1) is 0 Å². The molecule has 0 fully saturated rings. The largest absolute Gasteiger partial charge is 0.488 e. The van der Waals surface area contributed by atoms with E-state index in [1.807, 2.05) is 24.3 Å². The number of carbonyl (C=O) groups excluding carboxylic acids is 1. The fourth-order valence-corrected chi connectivity index (χ4v) is 3.21. The molecule has 3 rings (SSSR count). The number of nitrogens with one attached hydrogen (secondary N) is 1. The number of carbonyl (C=O) groups is 2. The molecule has 8 heteroatoms. The molecule has 0 bridgehead atoms. The first-order valence-electron chi connectivity index (χ1n) is 9.82. The molecule has 0 radical (unpaired) electrons. The average molecular weight is 406 g/mol. The van der Waals surface area contributed by atoms with Crippen LogP contribution in [-0.4, -0.2) is 45.7 Å². The van der Waals surface area contributed by atoms with Crippen LogP contribution < -0.4 is 10.8 Å². The smallest absolute Gasteiger partial charge is 0.481 e. The number of aliphatic carboxylic acids is 1. The Balaban J connectivity index is 1.79. The van der Waals surface area contributed by atoms with Crippen LogP contribution in [0.25, 0.3) is 22.2 Å². The topological polar surface area (TPSA) is 120 Å². The monoisotopic (exact) mass is 406 g/mol. The lowest BCUT2D eigenvalue weighted by Gasteiger charge is -2.11. The van der Waals surface area contributed by atoms with Gasteiger partial charge in [-0.05, 0) is 30.4 Å². The van der Waals surface area contributed by atoms with Crippen molar-refractivity contribution < 1.29 is 24.7 Å². The number of carboxylic acids is 1. The van der Waals surface area contributed by atoms with Gasteiger partial charge in [0.1, 0.15) is 0 Å². The average Bonchev–Trinajstić information content (AvgIpc) is 2.75. The van der Waals surface area contributed by atoms with Crippen LogP contribution in [0.5, 0.6) is 0 Å². The number of carboxylic acid groups (broad SMARTS) is 1. The Morgan fingerprint density at radius 2 is 1.70 bits per heavy atom. The van der Waals surface area contributed by atoms with Crippen molar-refractivity contribution >= 4 is 35.4 Å². The summed E-state index contributed by atoms with van der Waals surface area (Å²) in [4.78, 5) is 28.0. The highest BCUT2D eigenvalue weighted by atomic mass is 16.4. The van der Waals surface area contributed by atoms with Gasteiger partial charge in [0.2, 0.25) is 0 Å². The molecule has 7 nitrogen and oxygen atoms in total. The summed E-state index contributed by atoms with van der Waals surface area (Å²) in [6.07, 6.45) is 2.17. The van der Waals surface area contributed by atoms with Gasteiger partial charge in [-0.1, -0.05) is 48.9 Å². The van der Waals surface area contributed by atoms with E-state index in [1.54, 1.807) is 30.3 Å². The van der Waals surface area contributed by atoms with E-state index >= 15 is 0 Å². The zero-order chi connectivity index (χ0) is 21.5. The van der Waals surface area contributed by atoms with Crippen LogP contribution in [0.15, 0.2) is 54.6 Å². The summed E-state index contributed by atoms with van der Waals surface area (Å²) in [6, 6.07) is 15.8.